The Bertz CT molecular complexity index is 880. The zero-order valence-corrected chi connectivity index (χ0v) is 17.0. The largest absolute Gasteiger partial charge is 0.357 e. The lowest BCUT2D eigenvalue weighted by Crippen LogP contribution is -2.54. The monoisotopic (exact) mass is 387 g/mol. The van der Waals surface area contributed by atoms with Crippen LogP contribution in [0, 0.1) is 5.41 Å². The van der Waals surface area contributed by atoms with Crippen molar-refractivity contribution in [1.29, 1.82) is 0 Å². The van der Waals surface area contributed by atoms with Crippen LogP contribution >= 0.6 is 0 Å². The number of hydrogen-bond donors (Lipinski definition) is 0. The van der Waals surface area contributed by atoms with E-state index < -0.39 is 0 Å². The molecular formula is C25H29N3O. The first-order chi connectivity index (χ1) is 14.2. The lowest BCUT2D eigenvalue weighted by Gasteiger charge is -2.50. The summed E-state index contributed by atoms with van der Waals surface area (Å²) in [4.78, 5) is 22.5. The van der Waals surface area contributed by atoms with E-state index in [-0.39, 0.29) is 11.3 Å². The maximum atomic E-state index is 13.3. The number of anilines is 1. The van der Waals surface area contributed by atoms with Crippen LogP contribution in [-0.4, -0.2) is 41.5 Å². The number of rotatable bonds is 4. The molecule has 2 aliphatic heterocycles. The van der Waals surface area contributed by atoms with Crippen molar-refractivity contribution in [3.63, 3.8) is 0 Å². The lowest BCUT2D eigenvalue weighted by molar-refractivity contribution is -0.141. The number of aromatic nitrogens is 1. The first-order valence-corrected chi connectivity index (χ1v) is 10.9. The van der Waals surface area contributed by atoms with Gasteiger partial charge in [0.1, 0.15) is 5.82 Å². The first kappa shape index (κ1) is 18.4. The second-order valence-corrected chi connectivity index (χ2v) is 9.01. The molecule has 1 spiro atoms. The smallest absolute Gasteiger partial charge is 0.230 e. The zero-order valence-electron chi connectivity index (χ0n) is 17.0. The molecule has 1 aromatic carbocycles. The molecule has 3 fully saturated rings. The van der Waals surface area contributed by atoms with E-state index in [1.54, 1.807) is 0 Å². The number of carbonyl (C=O) groups excluding carboxylic acids is 1. The second kappa shape index (κ2) is 7.33. The molecule has 2 aromatic rings. The molecule has 4 heteroatoms. The highest BCUT2D eigenvalue weighted by atomic mass is 16.2. The van der Waals surface area contributed by atoms with Crippen LogP contribution in [0.2, 0.25) is 0 Å². The highest BCUT2D eigenvalue weighted by molar-refractivity contribution is 5.85. The van der Waals surface area contributed by atoms with Gasteiger partial charge in [-0.2, -0.15) is 0 Å². The SMILES string of the molecule is C=Cc1ccc(N2CCC3(CC2)C[C@H](c2ccccc2)C(=O)N(C2CC2)C3)nc1. The molecule has 5 rings (SSSR count). The first-order valence-electron chi connectivity index (χ1n) is 10.9. The number of nitrogens with zero attached hydrogens (tertiary/aromatic N) is 3. The van der Waals surface area contributed by atoms with Crippen molar-refractivity contribution in [2.24, 2.45) is 5.41 Å². The number of hydrogen-bond acceptors (Lipinski definition) is 3. The molecule has 1 amide bonds. The molecule has 0 bridgehead atoms. The van der Waals surface area contributed by atoms with E-state index in [9.17, 15) is 4.79 Å². The summed E-state index contributed by atoms with van der Waals surface area (Å²) in [6, 6.07) is 15.1. The van der Waals surface area contributed by atoms with Gasteiger partial charge in [0.15, 0.2) is 0 Å². The maximum Gasteiger partial charge on any atom is 0.230 e. The Labute approximate surface area is 173 Å². The van der Waals surface area contributed by atoms with E-state index in [4.69, 9.17) is 0 Å². The molecule has 4 nitrogen and oxygen atoms in total. The molecule has 150 valence electrons. The summed E-state index contributed by atoms with van der Waals surface area (Å²) in [5.74, 6) is 1.42. The van der Waals surface area contributed by atoms with E-state index in [1.807, 2.05) is 18.3 Å². The lowest BCUT2D eigenvalue weighted by atomic mass is 9.67. The van der Waals surface area contributed by atoms with Crippen LogP contribution in [0.4, 0.5) is 5.82 Å². The fraction of sp³-hybridized carbons (Fsp3) is 0.440. The Morgan fingerprint density at radius 2 is 1.83 bits per heavy atom. The zero-order chi connectivity index (χ0) is 19.8. The third kappa shape index (κ3) is 3.57. The normalized spacial score (nSPS) is 24.0. The quantitative estimate of drug-likeness (QED) is 0.776. The summed E-state index contributed by atoms with van der Waals surface area (Å²) in [6.07, 6.45) is 9.30. The van der Waals surface area contributed by atoms with E-state index in [1.165, 1.54) is 18.4 Å². The Morgan fingerprint density at radius 1 is 1.07 bits per heavy atom. The number of likely N-dealkylation sites (tertiary alicyclic amines) is 1. The number of piperidine rings is 2. The molecule has 3 aliphatic rings. The van der Waals surface area contributed by atoms with E-state index in [2.05, 4.69) is 57.8 Å². The molecule has 0 N–H and O–H groups in total. The Kier molecular flexibility index (Phi) is 4.65. The van der Waals surface area contributed by atoms with Gasteiger partial charge in [-0.15, -0.1) is 0 Å². The second-order valence-electron chi connectivity index (χ2n) is 9.01. The van der Waals surface area contributed by atoms with Crippen LogP contribution in [0.1, 0.15) is 49.1 Å². The van der Waals surface area contributed by atoms with Gasteiger partial charge in [-0.1, -0.05) is 43.0 Å². The number of pyridine rings is 1. The molecule has 2 saturated heterocycles. The number of amides is 1. The van der Waals surface area contributed by atoms with Crippen LogP contribution in [0.25, 0.3) is 6.08 Å². The summed E-state index contributed by atoms with van der Waals surface area (Å²) < 4.78 is 0. The minimum Gasteiger partial charge on any atom is -0.357 e. The van der Waals surface area contributed by atoms with Gasteiger partial charge in [0.2, 0.25) is 5.91 Å². The Hall–Kier alpha value is -2.62. The molecule has 1 atom stereocenters. The topological polar surface area (TPSA) is 36.4 Å². The molecule has 0 unspecified atom stereocenters. The van der Waals surface area contributed by atoms with Gasteiger partial charge >= 0.3 is 0 Å². The van der Waals surface area contributed by atoms with Crippen molar-refractivity contribution < 1.29 is 4.79 Å². The molecule has 0 radical (unpaired) electrons. The van der Waals surface area contributed by atoms with Crippen molar-refractivity contribution in [3.8, 4) is 0 Å². The van der Waals surface area contributed by atoms with Gasteiger partial charge in [0.05, 0.1) is 5.92 Å². The van der Waals surface area contributed by atoms with Gasteiger partial charge in [-0.3, -0.25) is 4.79 Å². The summed E-state index contributed by atoms with van der Waals surface area (Å²) in [5, 5.41) is 0. The fourth-order valence-electron chi connectivity index (χ4n) is 5.14. The third-order valence-corrected chi connectivity index (χ3v) is 7.07. The summed E-state index contributed by atoms with van der Waals surface area (Å²) in [7, 11) is 0. The van der Waals surface area contributed by atoms with E-state index in [0.717, 1.165) is 50.3 Å². The fourth-order valence-corrected chi connectivity index (χ4v) is 5.14. The van der Waals surface area contributed by atoms with Gasteiger partial charge in [-0.25, -0.2) is 4.98 Å². The van der Waals surface area contributed by atoms with Gasteiger partial charge < -0.3 is 9.80 Å². The van der Waals surface area contributed by atoms with Gasteiger partial charge in [0, 0.05) is 31.9 Å². The van der Waals surface area contributed by atoms with Crippen LogP contribution in [0.15, 0.2) is 55.2 Å². The van der Waals surface area contributed by atoms with Crippen molar-refractivity contribution >= 4 is 17.8 Å². The molecular weight excluding hydrogens is 358 g/mol. The maximum absolute atomic E-state index is 13.3. The Morgan fingerprint density at radius 3 is 2.45 bits per heavy atom. The predicted molar refractivity (Wildman–Crippen MR) is 117 cm³/mol. The van der Waals surface area contributed by atoms with Crippen molar-refractivity contribution in [2.45, 2.75) is 44.1 Å². The third-order valence-electron chi connectivity index (χ3n) is 7.07. The van der Waals surface area contributed by atoms with Crippen molar-refractivity contribution in [2.75, 3.05) is 24.5 Å². The number of benzene rings is 1. The van der Waals surface area contributed by atoms with Crippen LogP contribution < -0.4 is 4.90 Å². The van der Waals surface area contributed by atoms with Crippen molar-refractivity contribution in [3.05, 3.63) is 66.4 Å². The number of carbonyl (C=O) groups is 1. The van der Waals surface area contributed by atoms with Crippen LogP contribution in [0.3, 0.4) is 0 Å². The van der Waals surface area contributed by atoms with Gasteiger partial charge in [0.25, 0.3) is 0 Å². The van der Waals surface area contributed by atoms with Crippen LogP contribution in [0.5, 0.6) is 0 Å². The molecule has 29 heavy (non-hydrogen) atoms. The summed E-state index contributed by atoms with van der Waals surface area (Å²) in [6.45, 7) is 6.77. The predicted octanol–water partition coefficient (Wildman–Crippen LogP) is 4.49. The Balaban J connectivity index is 1.35. The minimum absolute atomic E-state index is 0.0158. The molecule has 1 saturated carbocycles. The molecule has 1 aromatic heterocycles. The standard InChI is InChI=1S/C25H29N3O/c1-2-19-8-11-23(26-17-19)27-14-12-25(13-15-27)16-22(20-6-4-3-5-7-20)24(29)28(18-25)21-9-10-21/h2-8,11,17,21-22H,1,9-10,12-16,18H2/t22-/m1/s1. The summed E-state index contributed by atoms with van der Waals surface area (Å²) >= 11 is 0. The van der Waals surface area contributed by atoms with Gasteiger partial charge in [-0.05, 0) is 60.8 Å². The van der Waals surface area contributed by atoms with E-state index in [0.29, 0.717) is 11.9 Å². The van der Waals surface area contributed by atoms with Crippen LogP contribution in [-0.2, 0) is 4.79 Å². The molecule has 1 aliphatic carbocycles. The minimum atomic E-state index is 0.0158. The molecule has 3 heterocycles. The average molecular weight is 388 g/mol. The highest BCUT2D eigenvalue weighted by Gasteiger charge is 2.49. The average Bonchev–Trinajstić information content (AvgIpc) is 3.62. The van der Waals surface area contributed by atoms with E-state index >= 15 is 0 Å². The summed E-state index contributed by atoms with van der Waals surface area (Å²) in [5.41, 5.74) is 2.47. The highest BCUT2D eigenvalue weighted by Crippen LogP contribution is 2.48. The van der Waals surface area contributed by atoms with Crippen molar-refractivity contribution in [1.82, 2.24) is 9.88 Å².